The number of nitrogens with two attached hydrogens (primary N) is 1. The van der Waals surface area contributed by atoms with Crippen LogP contribution in [0.25, 0.3) is 0 Å². The van der Waals surface area contributed by atoms with Gasteiger partial charge in [-0.05, 0) is 31.9 Å². The molecular weight excluding hydrogens is 455 g/mol. The molecule has 1 aromatic carbocycles. The van der Waals surface area contributed by atoms with Crippen molar-refractivity contribution >= 4 is 29.3 Å². The third-order valence-electron chi connectivity index (χ3n) is 5.50. The van der Waals surface area contributed by atoms with E-state index in [4.69, 9.17) is 26.8 Å². The molecule has 0 radical (unpaired) electrons. The predicted molar refractivity (Wildman–Crippen MR) is 119 cm³/mol. The Labute approximate surface area is 194 Å². The number of hydrogen-bond acceptors (Lipinski definition) is 6. The maximum absolute atomic E-state index is 15.6. The summed E-state index contributed by atoms with van der Waals surface area (Å²) in [5.41, 5.74) is 4.94. The van der Waals surface area contributed by atoms with Gasteiger partial charge in [-0.2, -0.15) is 5.10 Å². The average molecular weight is 477 g/mol. The van der Waals surface area contributed by atoms with Gasteiger partial charge in [0.1, 0.15) is 10.8 Å². The number of aromatic nitrogens is 3. The molecule has 3 heterocycles. The van der Waals surface area contributed by atoms with E-state index in [2.05, 4.69) is 10.1 Å². The van der Waals surface area contributed by atoms with E-state index < -0.39 is 17.1 Å². The molecule has 4 rings (SSSR count). The Kier molecular flexibility index (Phi) is 6.41. The van der Waals surface area contributed by atoms with E-state index in [0.717, 1.165) is 11.8 Å². The fourth-order valence-electron chi connectivity index (χ4n) is 3.87. The number of primary amides is 1. The molecule has 1 aliphatic rings. The van der Waals surface area contributed by atoms with E-state index in [1.807, 2.05) is 6.92 Å². The molecule has 32 heavy (non-hydrogen) atoms. The van der Waals surface area contributed by atoms with Gasteiger partial charge in [-0.15, -0.1) is 0 Å². The molecule has 10 heteroatoms. The van der Waals surface area contributed by atoms with E-state index in [1.54, 1.807) is 54.5 Å². The second-order valence-electron chi connectivity index (χ2n) is 7.65. The Morgan fingerprint density at radius 3 is 2.91 bits per heavy atom. The minimum absolute atomic E-state index is 0.193. The van der Waals surface area contributed by atoms with E-state index >= 15 is 4.39 Å². The number of aryl methyl sites for hydroxylation is 1. The molecule has 2 N–H and O–H groups in total. The fraction of sp³-hybridized carbons (Fsp3) is 0.318. The lowest BCUT2D eigenvalue weighted by Gasteiger charge is -2.38. The lowest BCUT2D eigenvalue weighted by atomic mass is 9.71. The summed E-state index contributed by atoms with van der Waals surface area (Å²) in [6.45, 7) is 2.20. The molecule has 2 aromatic heterocycles. The van der Waals surface area contributed by atoms with Gasteiger partial charge < -0.3 is 15.2 Å². The van der Waals surface area contributed by atoms with Crippen LogP contribution in [0, 0.1) is 5.82 Å². The second-order valence-corrected chi connectivity index (χ2v) is 9.18. The highest BCUT2D eigenvalue weighted by molar-refractivity contribution is 7.99. The van der Waals surface area contributed by atoms with Crippen molar-refractivity contribution in [2.24, 2.45) is 12.8 Å². The number of hydrogen-bond donors (Lipinski definition) is 1. The van der Waals surface area contributed by atoms with Crippen molar-refractivity contribution in [3.8, 4) is 11.8 Å². The van der Waals surface area contributed by atoms with Crippen molar-refractivity contribution in [1.29, 1.82) is 0 Å². The van der Waals surface area contributed by atoms with E-state index in [0.29, 0.717) is 40.7 Å². The molecule has 0 saturated carbocycles. The van der Waals surface area contributed by atoms with Crippen molar-refractivity contribution in [3.05, 3.63) is 59.1 Å². The van der Waals surface area contributed by atoms with E-state index in [1.165, 1.54) is 0 Å². The standard InChI is InChI=1S/C22H22ClFN4O3S/c1-13-11-22(21(25)29,7-9-30-13)15-4-3-5-17(19(15)24)32-14-10-16(23)20(26-12-14)31-18-6-8-27-28(18)2/h3-6,8,10,12-13H,7,9,11H2,1-2H3,(H2,25,29)/t13-,22+/m0/s1. The first-order valence-corrected chi connectivity index (χ1v) is 11.2. The third-order valence-corrected chi connectivity index (χ3v) is 6.77. The first kappa shape index (κ1) is 22.6. The normalized spacial score (nSPS) is 20.8. The lowest BCUT2D eigenvalue weighted by molar-refractivity contribution is -0.129. The number of ether oxygens (including phenoxy) is 2. The summed E-state index contributed by atoms with van der Waals surface area (Å²) in [7, 11) is 1.74. The summed E-state index contributed by atoms with van der Waals surface area (Å²) >= 11 is 7.50. The summed E-state index contributed by atoms with van der Waals surface area (Å²) < 4.78 is 28.4. The molecular formula is C22H22ClFN4O3S. The molecule has 0 unspecified atom stereocenters. The highest BCUT2D eigenvalue weighted by Crippen LogP contribution is 2.42. The lowest BCUT2D eigenvalue weighted by Crippen LogP contribution is -2.48. The van der Waals surface area contributed by atoms with Crippen LogP contribution >= 0.6 is 23.4 Å². The average Bonchev–Trinajstić information content (AvgIpc) is 3.15. The zero-order valence-corrected chi connectivity index (χ0v) is 19.1. The van der Waals surface area contributed by atoms with Crippen LogP contribution in [0.2, 0.25) is 5.02 Å². The number of carbonyl (C=O) groups is 1. The zero-order chi connectivity index (χ0) is 22.9. The van der Waals surface area contributed by atoms with Crippen LogP contribution in [0.5, 0.6) is 11.8 Å². The monoisotopic (exact) mass is 476 g/mol. The number of rotatable bonds is 6. The molecule has 1 amide bonds. The van der Waals surface area contributed by atoms with Crippen molar-refractivity contribution in [2.75, 3.05) is 6.61 Å². The van der Waals surface area contributed by atoms with Crippen LogP contribution < -0.4 is 10.5 Å². The van der Waals surface area contributed by atoms with E-state index in [-0.39, 0.29) is 17.0 Å². The Bertz CT molecular complexity index is 1160. The SMILES string of the molecule is C[C@H]1C[C@@](C(N)=O)(c2cccc(Sc3cnc(Oc4ccnn4C)c(Cl)c3)c2F)CCO1. The number of halogens is 2. The molecule has 1 saturated heterocycles. The maximum atomic E-state index is 15.6. The summed E-state index contributed by atoms with van der Waals surface area (Å²) in [5, 5.41) is 4.31. The Morgan fingerprint density at radius 1 is 1.44 bits per heavy atom. The Balaban J connectivity index is 1.61. The highest BCUT2D eigenvalue weighted by atomic mass is 35.5. The summed E-state index contributed by atoms with van der Waals surface area (Å²) in [6.07, 6.45) is 3.63. The van der Waals surface area contributed by atoms with Gasteiger partial charge in [0, 0.05) is 41.3 Å². The number of amides is 1. The third kappa shape index (κ3) is 4.32. The number of pyridine rings is 1. The van der Waals surface area contributed by atoms with Gasteiger partial charge in [0.15, 0.2) is 0 Å². The fourth-order valence-corrected chi connectivity index (χ4v) is 5.03. The van der Waals surface area contributed by atoms with Crippen molar-refractivity contribution in [3.63, 3.8) is 0 Å². The predicted octanol–water partition coefficient (Wildman–Crippen LogP) is 4.47. The van der Waals surface area contributed by atoms with Gasteiger partial charge in [0.05, 0.1) is 17.7 Å². The smallest absolute Gasteiger partial charge is 0.240 e. The molecule has 3 aromatic rings. The zero-order valence-electron chi connectivity index (χ0n) is 17.5. The molecule has 0 spiro atoms. The number of nitrogens with zero attached hydrogens (tertiary/aromatic N) is 3. The van der Waals surface area contributed by atoms with Crippen LogP contribution in [-0.2, 0) is 22.0 Å². The molecule has 7 nitrogen and oxygen atoms in total. The van der Waals surface area contributed by atoms with Gasteiger partial charge in [-0.3, -0.25) is 4.79 Å². The molecule has 1 aliphatic heterocycles. The minimum Gasteiger partial charge on any atom is -0.419 e. The summed E-state index contributed by atoms with van der Waals surface area (Å²) in [6, 6.07) is 8.33. The van der Waals surface area contributed by atoms with Gasteiger partial charge in [-0.25, -0.2) is 14.1 Å². The van der Waals surface area contributed by atoms with Crippen LogP contribution in [0.4, 0.5) is 4.39 Å². The topological polar surface area (TPSA) is 92.3 Å². The van der Waals surface area contributed by atoms with Crippen LogP contribution in [0.15, 0.2) is 52.5 Å². The Morgan fingerprint density at radius 2 is 2.25 bits per heavy atom. The van der Waals surface area contributed by atoms with E-state index in [9.17, 15) is 4.79 Å². The van der Waals surface area contributed by atoms with Gasteiger partial charge in [0.25, 0.3) is 0 Å². The Hall–Kier alpha value is -2.62. The van der Waals surface area contributed by atoms with Gasteiger partial charge in [0.2, 0.25) is 17.7 Å². The van der Waals surface area contributed by atoms with Crippen molar-refractivity contribution in [1.82, 2.24) is 14.8 Å². The van der Waals surface area contributed by atoms with Gasteiger partial charge >= 0.3 is 0 Å². The van der Waals surface area contributed by atoms with Crippen LogP contribution in [0.3, 0.4) is 0 Å². The molecule has 0 aliphatic carbocycles. The van der Waals surface area contributed by atoms with Crippen LogP contribution in [0.1, 0.15) is 25.3 Å². The summed E-state index contributed by atoms with van der Waals surface area (Å²) in [4.78, 5) is 17.7. The van der Waals surface area contributed by atoms with Crippen LogP contribution in [-0.4, -0.2) is 33.4 Å². The molecule has 2 atom stereocenters. The number of benzene rings is 1. The number of carbonyl (C=O) groups excluding carboxylic acids is 1. The molecule has 168 valence electrons. The maximum Gasteiger partial charge on any atom is 0.240 e. The first-order valence-electron chi connectivity index (χ1n) is 10.00. The van der Waals surface area contributed by atoms with Crippen molar-refractivity contribution in [2.45, 2.75) is 41.1 Å². The van der Waals surface area contributed by atoms with Crippen molar-refractivity contribution < 1.29 is 18.7 Å². The minimum atomic E-state index is -1.10. The van der Waals surface area contributed by atoms with Gasteiger partial charge in [-0.1, -0.05) is 35.5 Å². The molecule has 0 bridgehead atoms. The second kappa shape index (κ2) is 9.09. The quantitative estimate of drug-likeness (QED) is 0.564. The summed E-state index contributed by atoms with van der Waals surface area (Å²) in [5.74, 6) is -0.314. The first-order chi connectivity index (χ1) is 15.3. The highest BCUT2D eigenvalue weighted by Gasteiger charge is 2.44. The largest absolute Gasteiger partial charge is 0.419 e. The molecule has 1 fully saturated rings.